The Bertz CT molecular complexity index is 636. The van der Waals surface area contributed by atoms with E-state index < -0.39 is 35.4 Å². The summed E-state index contributed by atoms with van der Waals surface area (Å²) in [5, 5.41) is 0. The number of carbonyl (C=O) groups excluding carboxylic acids is 2. The second-order valence-electron chi connectivity index (χ2n) is 5.78. The van der Waals surface area contributed by atoms with Crippen molar-refractivity contribution in [2.45, 2.75) is 28.7 Å². The second-order valence-corrected chi connectivity index (χ2v) is 8.13. The molecule has 1 aromatic carbocycles. The number of hydrogen-bond acceptors (Lipinski definition) is 2. The van der Waals surface area contributed by atoms with Crippen LogP contribution >= 0.6 is 31.9 Å². The van der Waals surface area contributed by atoms with E-state index in [4.69, 9.17) is 0 Å². The number of alkyl halides is 5. The molecule has 0 N–H and O–H groups in total. The van der Waals surface area contributed by atoms with Crippen LogP contribution in [0.15, 0.2) is 24.3 Å². The van der Waals surface area contributed by atoms with Gasteiger partial charge in [-0.3, -0.25) is 14.5 Å². The van der Waals surface area contributed by atoms with Crippen LogP contribution in [0.5, 0.6) is 0 Å². The summed E-state index contributed by atoms with van der Waals surface area (Å²) in [6.07, 6.45) is -3.54. The minimum absolute atomic E-state index is 0.0125. The van der Waals surface area contributed by atoms with Crippen LogP contribution in [-0.2, 0) is 15.8 Å². The highest BCUT2D eigenvalue weighted by Gasteiger charge is 2.52. The maximum absolute atomic E-state index is 12.8. The Hall–Kier alpha value is -0.890. The van der Waals surface area contributed by atoms with Gasteiger partial charge in [-0.1, -0.05) is 37.9 Å². The predicted octanol–water partition coefficient (Wildman–Crippen LogP) is 4.13. The van der Waals surface area contributed by atoms with Gasteiger partial charge in [0.2, 0.25) is 11.8 Å². The Morgan fingerprint density at radius 1 is 1.00 bits per heavy atom. The molecule has 2 fully saturated rings. The average Bonchev–Trinajstić information content (AvgIpc) is 2.71. The third-order valence-electron chi connectivity index (χ3n) is 4.34. The lowest BCUT2D eigenvalue weighted by atomic mass is 9.81. The van der Waals surface area contributed by atoms with Crippen LogP contribution < -0.4 is 4.90 Å². The fourth-order valence-corrected chi connectivity index (χ4v) is 4.41. The summed E-state index contributed by atoms with van der Waals surface area (Å²) in [6.45, 7) is 0. The largest absolute Gasteiger partial charge is 0.416 e. The van der Waals surface area contributed by atoms with Crippen molar-refractivity contribution >= 4 is 49.4 Å². The first-order valence-electron chi connectivity index (χ1n) is 7.03. The number of carbonyl (C=O) groups is 2. The number of rotatable bonds is 1. The summed E-state index contributed by atoms with van der Waals surface area (Å²) in [4.78, 5) is 26.1. The average molecular weight is 455 g/mol. The maximum Gasteiger partial charge on any atom is 0.416 e. The fourth-order valence-electron chi connectivity index (χ4n) is 3.17. The Balaban J connectivity index is 1.95. The fraction of sp³-hybridized carbons (Fsp3) is 0.467. The molecule has 1 aromatic rings. The standard InChI is InChI=1S/C15H12Br2F3NO2/c16-11-5-9-10(6-12(11)17)14(23)21(13(9)22)8-3-1-2-7(4-8)15(18,19)20/h1-4,9-12H,5-6H2/t9-,10-,11-,12+/m0/s1. The van der Waals surface area contributed by atoms with Gasteiger partial charge in [0.25, 0.3) is 0 Å². The molecule has 0 unspecified atom stereocenters. The lowest BCUT2D eigenvalue weighted by Crippen LogP contribution is -2.34. The lowest BCUT2D eigenvalue weighted by molar-refractivity contribution is -0.137. The highest BCUT2D eigenvalue weighted by molar-refractivity contribution is 9.12. The SMILES string of the molecule is O=C1[C@H]2C[C@@H](Br)[C@@H](Br)C[C@@H]2C(=O)N1c1cccc(C(F)(F)F)c1. The van der Waals surface area contributed by atoms with Crippen molar-refractivity contribution in [3.63, 3.8) is 0 Å². The first-order chi connectivity index (χ1) is 10.7. The molecule has 1 heterocycles. The Kier molecular flexibility index (Phi) is 4.33. The van der Waals surface area contributed by atoms with Gasteiger partial charge in [0, 0.05) is 9.65 Å². The highest BCUT2D eigenvalue weighted by Crippen LogP contribution is 2.44. The van der Waals surface area contributed by atoms with Gasteiger partial charge >= 0.3 is 6.18 Å². The Morgan fingerprint density at radius 3 is 2.00 bits per heavy atom. The van der Waals surface area contributed by atoms with Crippen LogP contribution in [0.2, 0.25) is 0 Å². The molecule has 23 heavy (non-hydrogen) atoms. The number of halogens is 5. The molecule has 8 heteroatoms. The molecule has 3 nitrogen and oxygen atoms in total. The molecule has 0 spiro atoms. The molecule has 3 rings (SSSR count). The van der Waals surface area contributed by atoms with E-state index in [0.717, 1.165) is 17.0 Å². The van der Waals surface area contributed by atoms with Gasteiger partial charge in [0.15, 0.2) is 0 Å². The number of benzene rings is 1. The smallest absolute Gasteiger partial charge is 0.274 e. The maximum atomic E-state index is 12.8. The van der Waals surface area contributed by atoms with E-state index in [1.54, 1.807) is 0 Å². The first kappa shape index (κ1) is 17.0. The quantitative estimate of drug-likeness (QED) is 0.472. The van der Waals surface area contributed by atoms with Crippen molar-refractivity contribution in [1.29, 1.82) is 0 Å². The number of amides is 2. The zero-order valence-electron chi connectivity index (χ0n) is 11.7. The molecular formula is C15H12Br2F3NO2. The molecule has 0 radical (unpaired) electrons. The molecular weight excluding hydrogens is 443 g/mol. The minimum atomic E-state index is -4.52. The summed E-state index contributed by atoms with van der Waals surface area (Å²) >= 11 is 6.95. The molecule has 2 amide bonds. The van der Waals surface area contributed by atoms with E-state index in [2.05, 4.69) is 31.9 Å². The van der Waals surface area contributed by atoms with E-state index in [0.29, 0.717) is 12.8 Å². The molecule has 1 aliphatic carbocycles. The van der Waals surface area contributed by atoms with Crippen LogP contribution in [0.4, 0.5) is 18.9 Å². The van der Waals surface area contributed by atoms with Crippen LogP contribution in [0.25, 0.3) is 0 Å². The van der Waals surface area contributed by atoms with Crippen molar-refractivity contribution in [3.05, 3.63) is 29.8 Å². The molecule has 124 valence electrons. The normalized spacial score (nSPS) is 31.4. The van der Waals surface area contributed by atoms with Crippen LogP contribution in [0.1, 0.15) is 18.4 Å². The predicted molar refractivity (Wildman–Crippen MR) is 85.6 cm³/mol. The molecule has 0 bridgehead atoms. The van der Waals surface area contributed by atoms with E-state index in [9.17, 15) is 22.8 Å². The lowest BCUT2D eigenvalue weighted by Gasteiger charge is -2.29. The topological polar surface area (TPSA) is 37.4 Å². The van der Waals surface area contributed by atoms with E-state index >= 15 is 0 Å². The minimum Gasteiger partial charge on any atom is -0.274 e. The van der Waals surface area contributed by atoms with Gasteiger partial charge in [-0.05, 0) is 31.0 Å². The molecule has 4 atom stereocenters. The Morgan fingerprint density at radius 2 is 1.52 bits per heavy atom. The van der Waals surface area contributed by atoms with Crippen LogP contribution in [0, 0.1) is 11.8 Å². The van der Waals surface area contributed by atoms with E-state index in [-0.39, 0.29) is 15.3 Å². The third kappa shape index (κ3) is 2.95. The van der Waals surface area contributed by atoms with E-state index in [1.807, 2.05) is 0 Å². The van der Waals surface area contributed by atoms with E-state index in [1.165, 1.54) is 12.1 Å². The molecule has 2 aliphatic rings. The zero-order chi connectivity index (χ0) is 16.9. The summed E-state index contributed by atoms with van der Waals surface area (Å²) in [5.74, 6) is -1.78. The van der Waals surface area contributed by atoms with Gasteiger partial charge in [-0.2, -0.15) is 13.2 Å². The highest BCUT2D eigenvalue weighted by atomic mass is 79.9. The van der Waals surface area contributed by atoms with Gasteiger partial charge in [-0.25, -0.2) is 0 Å². The third-order valence-corrected chi connectivity index (χ3v) is 7.08. The molecule has 0 aromatic heterocycles. The van der Waals surface area contributed by atoms with Gasteiger partial charge in [-0.15, -0.1) is 0 Å². The zero-order valence-corrected chi connectivity index (χ0v) is 14.9. The number of hydrogen-bond donors (Lipinski definition) is 0. The van der Waals surface area contributed by atoms with Crippen molar-refractivity contribution in [3.8, 4) is 0 Å². The number of nitrogens with zero attached hydrogens (tertiary/aromatic N) is 1. The van der Waals surface area contributed by atoms with Crippen molar-refractivity contribution in [2.75, 3.05) is 4.90 Å². The van der Waals surface area contributed by atoms with Crippen LogP contribution in [-0.4, -0.2) is 21.5 Å². The van der Waals surface area contributed by atoms with Crippen molar-refractivity contribution in [2.24, 2.45) is 11.8 Å². The summed E-state index contributed by atoms with van der Waals surface area (Å²) in [5.41, 5.74) is -0.885. The number of imide groups is 1. The summed E-state index contributed by atoms with van der Waals surface area (Å²) in [7, 11) is 0. The molecule has 1 aliphatic heterocycles. The molecule has 1 saturated carbocycles. The van der Waals surface area contributed by atoms with Gasteiger partial charge < -0.3 is 0 Å². The monoisotopic (exact) mass is 453 g/mol. The van der Waals surface area contributed by atoms with Crippen LogP contribution in [0.3, 0.4) is 0 Å². The second kappa shape index (κ2) is 5.88. The van der Waals surface area contributed by atoms with Gasteiger partial charge in [0.1, 0.15) is 0 Å². The summed E-state index contributed by atoms with van der Waals surface area (Å²) in [6, 6.07) is 4.34. The first-order valence-corrected chi connectivity index (χ1v) is 8.86. The molecule has 1 saturated heterocycles. The Labute approximate surface area is 147 Å². The van der Waals surface area contributed by atoms with Crippen molar-refractivity contribution < 1.29 is 22.8 Å². The van der Waals surface area contributed by atoms with Crippen molar-refractivity contribution in [1.82, 2.24) is 0 Å². The number of fused-ring (bicyclic) bond motifs is 1. The van der Waals surface area contributed by atoms with Gasteiger partial charge in [0.05, 0.1) is 23.1 Å². The summed E-state index contributed by atoms with van der Waals surface area (Å²) < 4.78 is 38.5. The number of anilines is 1.